The average Bonchev–Trinajstić information content (AvgIpc) is 3.54. The van der Waals surface area contributed by atoms with Gasteiger partial charge < -0.3 is 14.0 Å². The van der Waals surface area contributed by atoms with Crippen molar-refractivity contribution < 1.29 is 60.1 Å². The Kier molecular flexibility index (Phi) is 12.7. The van der Waals surface area contributed by atoms with Crippen molar-refractivity contribution in [2.45, 2.75) is 77.0 Å². The summed E-state index contributed by atoms with van der Waals surface area (Å²) in [7, 11) is -8.49. The van der Waals surface area contributed by atoms with Crippen LogP contribution in [0.5, 0.6) is 0 Å². The monoisotopic (exact) mass is 734 g/mol. The quantitative estimate of drug-likeness (QED) is 0.131. The van der Waals surface area contributed by atoms with Gasteiger partial charge in [-0.3, -0.25) is 0 Å². The average molecular weight is 735 g/mol. The zero-order valence-corrected chi connectivity index (χ0v) is 33.4. The Bertz CT molecular complexity index is 1960. The minimum absolute atomic E-state index is 0. The first-order valence-electron chi connectivity index (χ1n) is 16.5. The molecule has 2 aromatic carbocycles. The number of hydrogen-bond acceptors (Lipinski definition) is 7. The molecule has 49 heavy (non-hydrogen) atoms. The SMILES string of the molecule is CC1(C)C(/C=C/C2=C(Cl)C(=C/C=C3\N(CCCCS(=O)(=O)[O-])c4ccccc4C3(C)C)/CC2)=[N+](CCCCS(=O)(=O)[O-])c2ccccc21.[Na+]. The van der Waals surface area contributed by atoms with E-state index in [0.29, 0.717) is 38.8 Å². The van der Waals surface area contributed by atoms with E-state index in [9.17, 15) is 25.9 Å². The molecule has 12 heteroatoms. The van der Waals surface area contributed by atoms with Crippen molar-refractivity contribution in [3.05, 3.63) is 106 Å². The molecule has 0 radical (unpaired) electrons. The maximum atomic E-state index is 11.2. The van der Waals surface area contributed by atoms with Crippen LogP contribution >= 0.6 is 11.6 Å². The molecular formula is C37H44ClN2NaO6S2. The van der Waals surface area contributed by atoms with Crippen molar-refractivity contribution in [1.29, 1.82) is 0 Å². The van der Waals surface area contributed by atoms with E-state index < -0.39 is 20.2 Å². The maximum absolute atomic E-state index is 11.2. The number of benzene rings is 2. The molecule has 8 nitrogen and oxygen atoms in total. The first kappa shape index (κ1) is 39.8. The van der Waals surface area contributed by atoms with Gasteiger partial charge >= 0.3 is 29.6 Å². The number of anilines is 1. The van der Waals surface area contributed by atoms with Crippen LogP contribution < -0.4 is 34.5 Å². The molecule has 1 aliphatic carbocycles. The summed E-state index contributed by atoms with van der Waals surface area (Å²) in [5.74, 6) is -0.727. The number of para-hydroxylation sites is 2. The number of halogens is 1. The van der Waals surface area contributed by atoms with Gasteiger partial charge in [0.15, 0.2) is 5.71 Å². The summed E-state index contributed by atoms with van der Waals surface area (Å²) in [5, 5.41) is 0.727. The van der Waals surface area contributed by atoms with Gasteiger partial charge in [0.2, 0.25) is 5.69 Å². The Morgan fingerprint density at radius 1 is 0.796 bits per heavy atom. The summed E-state index contributed by atoms with van der Waals surface area (Å²) in [5.41, 5.74) is 8.28. The van der Waals surface area contributed by atoms with Gasteiger partial charge in [0.25, 0.3) is 0 Å². The molecule has 0 bridgehead atoms. The van der Waals surface area contributed by atoms with E-state index in [0.717, 1.165) is 51.8 Å². The summed E-state index contributed by atoms with van der Waals surface area (Å²) in [6.07, 6.45) is 11.8. The van der Waals surface area contributed by atoms with E-state index in [1.165, 1.54) is 11.1 Å². The molecule has 0 aromatic heterocycles. The summed E-state index contributed by atoms with van der Waals surface area (Å²) in [6.45, 7) is 9.93. The molecule has 0 N–H and O–H groups in total. The van der Waals surface area contributed by atoms with Crippen LogP contribution in [0.3, 0.4) is 0 Å². The smallest absolute Gasteiger partial charge is 0.748 e. The molecule has 2 heterocycles. The van der Waals surface area contributed by atoms with E-state index >= 15 is 0 Å². The number of unbranched alkanes of at least 4 members (excludes halogenated alkanes) is 2. The normalized spacial score (nSPS) is 20.1. The van der Waals surface area contributed by atoms with E-state index in [1.807, 2.05) is 24.3 Å². The second kappa shape index (κ2) is 15.7. The predicted molar refractivity (Wildman–Crippen MR) is 191 cm³/mol. The van der Waals surface area contributed by atoms with Crippen LogP contribution in [0.1, 0.15) is 77.3 Å². The number of hydrogen-bond donors (Lipinski definition) is 0. The Morgan fingerprint density at radius 3 is 2.08 bits per heavy atom. The molecule has 258 valence electrons. The second-order valence-electron chi connectivity index (χ2n) is 13.8. The molecule has 0 atom stereocenters. The zero-order chi connectivity index (χ0) is 34.9. The third-order valence-corrected chi connectivity index (χ3v) is 11.8. The third kappa shape index (κ3) is 9.08. The van der Waals surface area contributed by atoms with Crippen molar-refractivity contribution in [3.63, 3.8) is 0 Å². The van der Waals surface area contributed by atoms with Gasteiger partial charge in [-0.2, -0.15) is 4.58 Å². The Morgan fingerprint density at radius 2 is 1.41 bits per heavy atom. The van der Waals surface area contributed by atoms with Crippen LogP contribution in [0.25, 0.3) is 0 Å². The number of rotatable bonds is 13. The first-order valence-corrected chi connectivity index (χ1v) is 20.0. The molecule has 0 saturated carbocycles. The second-order valence-corrected chi connectivity index (χ2v) is 17.3. The topological polar surface area (TPSA) is 121 Å². The first-order chi connectivity index (χ1) is 22.5. The molecule has 5 rings (SSSR count). The largest absolute Gasteiger partial charge is 1.00 e. The van der Waals surface area contributed by atoms with E-state index in [-0.39, 0.29) is 51.9 Å². The van der Waals surface area contributed by atoms with Gasteiger partial charge in [-0.25, -0.2) is 16.8 Å². The van der Waals surface area contributed by atoms with Crippen LogP contribution in [-0.4, -0.2) is 60.8 Å². The van der Waals surface area contributed by atoms with Crippen LogP contribution in [0.2, 0.25) is 0 Å². The van der Waals surface area contributed by atoms with Crippen molar-refractivity contribution in [1.82, 2.24) is 0 Å². The van der Waals surface area contributed by atoms with Gasteiger partial charge in [-0.1, -0.05) is 74.0 Å². The summed E-state index contributed by atoms with van der Waals surface area (Å²) < 4.78 is 69.2. The Balaban J connectivity index is 0.00000541. The number of nitrogens with zero attached hydrogens (tertiary/aromatic N) is 2. The maximum Gasteiger partial charge on any atom is 1.00 e. The molecule has 3 aliphatic rings. The van der Waals surface area contributed by atoms with Crippen molar-refractivity contribution in [2.24, 2.45) is 0 Å². The van der Waals surface area contributed by atoms with Crippen molar-refractivity contribution >= 4 is 48.9 Å². The molecule has 0 saturated heterocycles. The molecule has 0 spiro atoms. The van der Waals surface area contributed by atoms with Gasteiger partial charge in [0, 0.05) is 64.0 Å². The minimum Gasteiger partial charge on any atom is -0.748 e. The number of allylic oxidation sites excluding steroid dienone is 8. The van der Waals surface area contributed by atoms with Gasteiger partial charge in [-0.15, -0.1) is 0 Å². The Labute approximate surface area is 319 Å². The molecule has 2 aliphatic heterocycles. The Hall–Kier alpha value is -2.02. The van der Waals surface area contributed by atoms with Crippen LogP contribution in [0.4, 0.5) is 11.4 Å². The van der Waals surface area contributed by atoms with E-state index in [1.54, 1.807) is 0 Å². The summed E-state index contributed by atoms with van der Waals surface area (Å²) in [6, 6.07) is 16.5. The standard InChI is InChI=1S/C37H45ClN2O6S2.Na/c1-36(2)29-13-5-7-15-31(29)39(23-9-11-25-47(41,42)43)33(36)21-19-27-17-18-28(35(27)38)20-22-34-37(3,4)30-14-6-8-16-32(30)40(34)24-10-12-26-48(44,45)46;/h5-8,13-16,19-22H,9-12,17-18,23-26H2,1-4H3,(H-,41,42,43,44,45,46);/q;+1/p-1. The fourth-order valence-electron chi connectivity index (χ4n) is 7.23. The molecule has 0 fully saturated rings. The van der Waals surface area contributed by atoms with E-state index in [2.05, 4.69) is 85.7 Å². The number of fused-ring (bicyclic) bond motifs is 2. The summed E-state index contributed by atoms with van der Waals surface area (Å²) in [4.78, 5) is 2.23. The van der Waals surface area contributed by atoms with Crippen molar-refractivity contribution in [2.75, 3.05) is 29.5 Å². The van der Waals surface area contributed by atoms with Gasteiger partial charge in [-0.05, 0) is 74.8 Å². The minimum atomic E-state index is -4.25. The van der Waals surface area contributed by atoms with E-state index in [4.69, 9.17) is 11.6 Å². The fraction of sp³-hybridized carbons (Fsp3) is 0.432. The molecule has 0 amide bonds. The van der Waals surface area contributed by atoms with Gasteiger partial charge in [0.1, 0.15) is 6.54 Å². The van der Waals surface area contributed by atoms with Gasteiger partial charge in [0.05, 0.1) is 25.7 Å². The predicted octanol–water partition coefficient (Wildman–Crippen LogP) is 4.17. The molecule has 0 unspecified atom stereocenters. The molecular weight excluding hydrogens is 691 g/mol. The van der Waals surface area contributed by atoms with Crippen LogP contribution in [0, 0.1) is 0 Å². The van der Waals surface area contributed by atoms with Crippen LogP contribution in [0.15, 0.2) is 94.7 Å². The van der Waals surface area contributed by atoms with Crippen LogP contribution in [-0.2, 0) is 31.1 Å². The fourth-order valence-corrected chi connectivity index (χ4v) is 8.66. The molecule has 2 aromatic rings. The van der Waals surface area contributed by atoms with Crippen molar-refractivity contribution in [3.8, 4) is 0 Å². The summed E-state index contributed by atoms with van der Waals surface area (Å²) >= 11 is 7.02. The zero-order valence-electron chi connectivity index (χ0n) is 29.0. The third-order valence-electron chi connectivity index (χ3n) is 9.76.